The van der Waals surface area contributed by atoms with E-state index in [9.17, 15) is 22.8 Å². The molecule has 0 bridgehead atoms. The first-order chi connectivity index (χ1) is 12.7. The molecule has 3 rings (SSSR count). The van der Waals surface area contributed by atoms with Gasteiger partial charge in [0.1, 0.15) is 17.1 Å². The number of methoxy groups -OCH3 is 1. The highest BCUT2D eigenvalue weighted by Crippen LogP contribution is 2.34. The lowest BCUT2D eigenvalue weighted by atomic mass is 10.2. The molecule has 11 heteroatoms. The molecule has 1 aromatic heterocycles. The number of anilines is 2. The highest BCUT2D eigenvalue weighted by Gasteiger charge is 2.34. The molecule has 2 heterocycles. The molecule has 0 saturated carbocycles. The van der Waals surface area contributed by atoms with E-state index in [0.29, 0.717) is 17.4 Å². The number of alkyl halides is 3. The second-order valence-corrected chi connectivity index (χ2v) is 5.38. The summed E-state index contributed by atoms with van der Waals surface area (Å²) in [6.07, 6.45) is -3.83. The Bertz CT molecular complexity index is 972. The van der Waals surface area contributed by atoms with Crippen molar-refractivity contribution in [2.75, 3.05) is 17.7 Å². The number of halogens is 3. The fourth-order valence-electron chi connectivity index (χ4n) is 2.41. The quantitative estimate of drug-likeness (QED) is 0.551. The minimum Gasteiger partial charge on any atom is -0.465 e. The fraction of sp³-hybridized carbons (Fsp3) is 0.125. The highest BCUT2D eigenvalue weighted by atomic mass is 19.4. The normalized spacial score (nSPS) is 14.7. The zero-order valence-electron chi connectivity index (χ0n) is 13.7. The molecule has 1 aliphatic rings. The Labute approximate surface area is 150 Å². The van der Waals surface area contributed by atoms with Crippen molar-refractivity contribution in [2.45, 2.75) is 6.18 Å². The third kappa shape index (κ3) is 3.52. The molecule has 1 aliphatic heterocycles. The maximum Gasteiger partial charge on any atom is 0.433 e. The third-order valence-corrected chi connectivity index (χ3v) is 3.63. The van der Waals surface area contributed by atoms with E-state index in [1.165, 1.54) is 25.3 Å². The van der Waals surface area contributed by atoms with Gasteiger partial charge in [-0.15, -0.1) is 0 Å². The Kier molecular flexibility index (Phi) is 4.44. The van der Waals surface area contributed by atoms with Gasteiger partial charge in [-0.05, 0) is 24.3 Å². The SMILES string of the molecule is COC(=O)c1ccc2c(c1)N/C(=C(/C(N)=O)c1nccc(C(F)(F)F)n1)N2. The number of nitrogens with one attached hydrogen (secondary N) is 2. The van der Waals surface area contributed by atoms with Gasteiger partial charge in [-0.1, -0.05) is 0 Å². The van der Waals surface area contributed by atoms with Crippen molar-refractivity contribution >= 4 is 28.8 Å². The van der Waals surface area contributed by atoms with E-state index in [4.69, 9.17) is 5.73 Å². The minimum absolute atomic E-state index is 0.00107. The first-order valence-corrected chi connectivity index (χ1v) is 7.42. The second kappa shape index (κ2) is 6.59. The Morgan fingerprint density at radius 2 is 1.85 bits per heavy atom. The smallest absolute Gasteiger partial charge is 0.433 e. The first-order valence-electron chi connectivity index (χ1n) is 7.42. The first kappa shape index (κ1) is 18.2. The van der Waals surface area contributed by atoms with Crippen LogP contribution in [0.5, 0.6) is 0 Å². The van der Waals surface area contributed by atoms with Gasteiger partial charge in [0, 0.05) is 6.20 Å². The number of aromatic nitrogens is 2. The summed E-state index contributed by atoms with van der Waals surface area (Å²) in [5.74, 6) is -2.11. The molecule has 0 atom stereocenters. The van der Waals surface area contributed by atoms with E-state index in [1.54, 1.807) is 0 Å². The van der Waals surface area contributed by atoms with Gasteiger partial charge in [0.25, 0.3) is 5.91 Å². The van der Waals surface area contributed by atoms with Crippen molar-refractivity contribution < 1.29 is 27.5 Å². The number of hydrogen-bond donors (Lipinski definition) is 3. The van der Waals surface area contributed by atoms with Crippen LogP contribution in [0.3, 0.4) is 0 Å². The molecular formula is C16H12F3N5O3. The standard InChI is InChI=1S/C16H12F3N5O3/c1-27-15(26)7-2-3-8-9(6-7)23-14(22-8)11(12(20)25)13-21-5-4-10(24-13)16(17,18)19/h2-6,22-23H,1H3,(H2,20,25)/b14-11-. The molecular weight excluding hydrogens is 367 g/mol. The van der Waals surface area contributed by atoms with Crippen LogP contribution in [-0.4, -0.2) is 29.0 Å². The van der Waals surface area contributed by atoms with Crippen molar-refractivity contribution in [2.24, 2.45) is 5.73 Å². The lowest BCUT2D eigenvalue weighted by molar-refractivity contribution is -0.141. The van der Waals surface area contributed by atoms with Crippen molar-refractivity contribution in [3.8, 4) is 0 Å². The van der Waals surface area contributed by atoms with Crippen LogP contribution < -0.4 is 16.4 Å². The highest BCUT2D eigenvalue weighted by molar-refractivity contribution is 6.20. The molecule has 4 N–H and O–H groups in total. The van der Waals surface area contributed by atoms with Crippen LogP contribution in [0.4, 0.5) is 24.5 Å². The summed E-state index contributed by atoms with van der Waals surface area (Å²) in [6, 6.07) is 5.15. The Morgan fingerprint density at radius 3 is 2.48 bits per heavy atom. The molecule has 0 saturated heterocycles. The Hall–Kier alpha value is -3.63. The van der Waals surface area contributed by atoms with Gasteiger partial charge in [0.15, 0.2) is 5.82 Å². The fourth-order valence-corrected chi connectivity index (χ4v) is 2.41. The molecule has 0 fully saturated rings. The summed E-state index contributed by atoms with van der Waals surface area (Å²) in [4.78, 5) is 30.6. The van der Waals surface area contributed by atoms with Crippen LogP contribution >= 0.6 is 0 Å². The number of fused-ring (bicyclic) bond motifs is 1. The molecule has 8 nitrogen and oxygen atoms in total. The molecule has 140 valence electrons. The predicted molar refractivity (Wildman–Crippen MR) is 88.2 cm³/mol. The number of benzene rings is 1. The molecule has 0 aliphatic carbocycles. The van der Waals surface area contributed by atoms with Crippen molar-refractivity contribution in [1.29, 1.82) is 0 Å². The van der Waals surface area contributed by atoms with Gasteiger partial charge >= 0.3 is 12.1 Å². The van der Waals surface area contributed by atoms with E-state index in [1.807, 2.05) is 0 Å². The summed E-state index contributed by atoms with van der Waals surface area (Å²) < 4.78 is 43.3. The third-order valence-electron chi connectivity index (χ3n) is 3.63. The molecule has 27 heavy (non-hydrogen) atoms. The number of amides is 1. The molecule has 0 spiro atoms. The van der Waals surface area contributed by atoms with Crippen LogP contribution in [0, 0.1) is 0 Å². The van der Waals surface area contributed by atoms with E-state index in [-0.39, 0.29) is 17.0 Å². The summed E-state index contributed by atoms with van der Waals surface area (Å²) >= 11 is 0. The number of nitrogens with zero attached hydrogens (tertiary/aromatic N) is 2. The van der Waals surface area contributed by atoms with Gasteiger partial charge < -0.3 is 21.1 Å². The molecule has 0 unspecified atom stereocenters. The summed E-state index contributed by atoms with van der Waals surface area (Å²) in [7, 11) is 1.22. The average Bonchev–Trinajstić information content (AvgIpc) is 3.02. The number of carbonyl (C=O) groups excluding carboxylic acids is 2. The zero-order chi connectivity index (χ0) is 19.8. The average molecular weight is 379 g/mol. The Balaban J connectivity index is 2.04. The van der Waals surface area contributed by atoms with Crippen molar-refractivity contribution in [1.82, 2.24) is 9.97 Å². The van der Waals surface area contributed by atoms with E-state index in [0.717, 1.165) is 6.20 Å². The van der Waals surface area contributed by atoms with Crippen LogP contribution in [0.25, 0.3) is 5.57 Å². The summed E-state index contributed by atoms with van der Waals surface area (Å²) in [5, 5.41) is 5.60. The number of primary amides is 1. The monoisotopic (exact) mass is 379 g/mol. The number of nitrogens with two attached hydrogens (primary N) is 1. The second-order valence-electron chi connectivity index (χ2n) is 5.38. The van der Waals surface area contributed by atoms with Crippen LogP contribution in [0.1, 0.15) is 21.9 Å². The molecule has 1 amide bonds. The van der Waals surface area contributed by atoms with E-state index in [2.05, 4.69) is 25.3 Å². The number of esters is 1. The van der Waals surface area contributed by atoms with Crippen LogP contribution in [-0.2, 0) is 15.7 Å². The van der Waals surface area contributed by atoms with Crippen molar-refractivity contribution in [3.05, 3.63) is 53.4 Å². The van der Waals surface area contributed by atoms with Gasteiger partial charge in [0.2, 0.25) is 0 Å². The van der Waals surface area contributed by atoms with E-state index < -0.39 is 29.6 Å². The number of ether oxygens (including phenoxy) is 1. The summed E-state index contributed by atoms with van der Waals surface area (Å²) in [5.41, 5.74) is 4.87. The summed E-state index contributed by atoms with van der Waals surface area (Å²) in [6.45, 7) is 0. The lowest BCUT2D eigenvalue weighted by Gasteiger charge is -2.10. The number of carbonyl (C=O) groups is 2. The van der Waals surface area contributed by atoms with E-state index >= 15 is 0 Å². The topological polar surface area (TPSA) is 119 Å². The zero-order valence-corrected chi connectivity index (χ0v) is 13.7. The van der Waals surface area contributed by atoms with Crippen LogP contribution in [0.15, 0.2) is 36.3 Å². The maximum absolute atomic E-state index is 12.9. The minimum atomic E-state index is -4.71. The largest absolute Gasteiger partial charge is 0.465 e. The van der Waals surface area contributed by atoms with Crippen molar-refractivity contribution in [3.63, 3.8) is 0 Å². The predicted octanol–water partition coefficient (Wildman–Crippen LogP) is 1.97. The molecule has 2 aromatic rings. The Morgan fingerprint density at radius 1 is 1.15 bits per heavy atom. The van der Waals surface area contributed by atoms with Gasteiger partial charge in [-0.2, -0.15) is 13.2 Å². The van der Waals surface area contributed by atoms with Crippen LogP contribution in [0.2, 0.25) is 0 Å². The molecule has 0 radical (unpaired) electrons. The van der Waals surface area contributed by atoms with Gasteiger partial charge in [-0.25, -0.2) is 14.8 Å². The van der Waals surface area contributed by atoms with Gasteiger partial charge in [0.05, 0.1) is 24.0 Å². The molecule has 1 aromatic carbocycles. The maximum atomic E-state index is 12.9. The number of rotatable bonds is 3. The van der Waals surface area contributed by atoms with Gasteiger partial charge in [-0.3, -0.25) is 4.79 Å². The lowest BCUT2D eigenvalue weighted by Crippen LogP contribution is -2.21. The number of hydrogen-bond acceptors (Lipinski definition) is 7.